The topological polar surface area (TPSA) is 75.3 Å². The molecule has 0 amide bonds. The molecule has 0 aliphatic heterocycles. The molecule has 2 N–H and O–H groups in total. The molecule has 0 radical (unpaired) electrons. The van der Waals surface area contributed by atoms with E-state index in [1.807, 2.05) is 36.7 Å². The van der Waals surface area contributed by atoms with Crippen molar-refractivity contribution in [3.05, 3.63) is 52.5 Å². The number of aromatic nitrogens is 4. The summed E-state index contributed by atoms with van der Waals surface area (Å²) in [4.78, 5) is 9.11. The molecule has 1 aliphatic carbocycles. The van der Waals surface area contributed by atoms with Gasteiger partial charge in [-0.1, -0.05) is 18.9 Å². The molecule has 4 rings (SSSR count). The monoisotopic (exact) mass is 443 g/mol. The molecule has 0 spiro atoms. The molecule has 28 heavy (non-hydrogen) atoms. The molecule has 0 aromatic carbocycles. The van der Waals surface area contributed by atoms with Crippen LogP contribution in [0.5, 0.6) is 0 Å². The molecule has 148 valence electrons. The van der Waals surface area contributed by atoms with E-state index in [1.165, 1.54) is 6.42 Å². The van der Waals surface area contributed by atoms with Crippen LogP contribution in [0.25, 0.3) is 5.65 Å². The summed E-state index contributed by atoms with van der Waals surface area (Å²) in [5.74, 6) is 1.33. The molecule has 2 atom stereocenters. The molecule has 6 nitrogen and oxygen atoms in total. The van der Waals surface area contributed by atoms with Crippen molar-refractivity contribution >= 4 is 27.4 Å². The lowest BCUT2D eigenvalue weighted by atomic mass is 9.70. The molecular weight excluding hydrogens is 418 g/mol. The number of hydrogen-bond donors (Lipinski definition) is 2. The average molecular weight is 444 g/mol. The Morgan fingerprint density at radius 3 is 2.86 bits per heavy atom. The summed E-state index contributed by atoms with van der Waals surface area (Å²) < 4.78 is 2.70. The van der Waals surface area contributed by atoms with E-state index in [2.05, 4.69) is 37.4 Å². The third-order valence-corrected chi connectivity index (χ3v) is 6.26. The van der Waals surface area contributed by atoms with Gasteiger partial charge in [-0.05, 0) is 60.2 Å². The van der Waals surface area contributed by atoms with Crippen LogP contribution in [0.15, 0.2) is 41.3 Å². The van der Waals surface area contributed by atoms with E-state index >= 15 is 0 Å². The Morgan fingerprint density at radius 2 is 2.11 bits per heavy atom. The standard InChI is InChI=1S/C21H26BrN5O/c1-21(2,28)16-8-4-3-7-15(16)18-10-19(24-12-14-6-5-9-23-11-14)27-20(26-18)17(22)13-25-27/h5-6,9-11,13,15-16,24,28H,3-4,7-8,12H2,1-2H3/t15-,16?/m1/s1. The highest BCUT2D eigenvalue weighted by Crippen LogP contribution is 2.43. The molecule has 1 saturated carbocycles. The highest BCUT2D eigenvalue weighted by atomic mass is 79.9. The van der Waals surface area contributed by atoms with Crippen molar-refractivity contribution in [3.8, 4) is 0 Å². The van der Waals surface area contributed by atoms with Gasteiger partial charge < -0.3 is 10.4 Å². The summed E-state index contributed by atoms with van der Waals surface area (Å²) in [5.41, 5.74) is 2.20. The summed E-state index contributed by atoms with van der Waals surface area (Å²) in [5, 5.41) is 18.7. The normalized spacial score (nSPS) is 20.4. The van der Waals surface area contributed by atoms with Gasteiger partial charge in [-0.15, -0.1) is 0 Å². The zero-order valence-corrected chi connectivity index (χ0v) is 17.9. The van der Waals surface area contributed by atoms with E-state index in [0.29, 0.717) is 6.54 Å². The molecular formula is C21H26BrN5O. The third-order valence-electron chi connectivity index (χ3n) is 5.70. The summed E-state index contributed by atoms with van der Waals surface area (Å²) >= 11 is 3.58. The van der Waals surface area contributed by atoms with E-state index in [9.17, 15) is 5.11 Å². The van der Waals surface area contributed by atoms with Gasteiger partial charge in [0.05, 0.1) is 22.0 Å². The van der Waals surface area contributed by atoms with Crippen LogP contribution < -0.4 is 5.32 Å². The second-order valence-corrected chi connectivity index (χ2v) is 9.01. The van der Waals surface area contributed by atoms with Crippen molar-refractivity contribution in [2.75, 3.05) is 5.32 Å². The van der Waals surface area contributed by atoms with E-state index < -0.39 is 5.60 Å². The van der Waals surface area contributed by atoms with Gasteiger partial charge in [0.15, 0.2) is 5.65 Å². The Morgan fingerprint density at radius 1 is 1.29 bits per heavy atom. The van der Waals surface area contributed by atoms with Crippen molar-refractivity contribution in [3.63, 3.8) is 0 Å². The van der Waals surface area contributed by atoms with Gasteiger partial charge in [-0.25, -0.2) is 4.98 Å². The Bertz CT molecular complexity index is 951. The van der Waals surface area contributed by atoms with Gasteiger partial charge in [0.25, 0.3) is 0 Å². The highest BCUT2D eigenvalue weighted by molar-refractivity contribution is 9.10. The molecule has 7 heteroatoms. The van der Waals surface area contributed by atoms with Gasteiger partial charge in [0.2, 0.25) is 0 Å². The number of nitrogens with zero attached hydrogens (tertiary/aromatic N) is 4. The van der Waals surface area contributed by atoms with Crippen LogP contribution >= 0.6 is 15.9 Å². The molecule has 0 bridgehead atoms. The lowest BCUT2D eigenvalue weighted by Gasteiger charge is -2.39. The van der Waals surface area contributed by atoms with Gasteiger partial charge in [-0.3, -0.25) is 4.98 Å². The smallest absolute Gasteiger partial charge is 0.171 e. The number of fused-ring (bicyclic) bond motifs is 1. The van der Waals surface area contributed by atoms with Gasteiger partial charge >= 0.3 is 0 Å². The number of anilines is 1. The lowest BCUT2D eigenvalue weighted by Crippen LogP contribution is -2.37. The first-order valence-corrected chi connectivity index (χ1v) is 10.6. The van der Waals surface area contributed by atoms with Crippen molar-refractivity contribution in [1.82, 2.24) is 19.6 Å². The maximum absolute atomic E-state index is 10.7. The van der Waals surface area contributed by atoms with Gasteiger partial charge in [0.1, 0.15) is 5.82 Å². The molecule has 1 aliphatic rings. The number of rotatable bonds is 5. The second kappa shape index (κ2) is 7.79. The van der Waals surface area contributed by atoms with E-state index in [1.54, 1.807) is 12.4 Å². The largest absolute Gasteiger partial charge is 0.390 e. The predicted octanol–water partition coefficient (Wildman–Crippen LogP) is 4.54. The maximum atomic E-state index is 10.7. The molecule has 1 fully saturated rings. The molecule has 3 aromatic rings. The highest BCUT2D eigenvalue weighted by Gasteiger charge is 2.37. The van der Waals surface area contributed by atoms with E-state index in [0.717, 1.165) is 46.5 Å². The number of aliphatic hydroxyl groups is 1. The fraction of sp³-hybridized carbons (Fsp3) is 0.476. The van der Waals surface area contributed by atoms with Crippen LogP contribution in [-0.4, -0.2) is 30.3 Å². The van der Waals surface area contributed by atoms with E-state index in [-0.39, 0.29) is 11.8 Å². The maximum Gasteiger partial charge on any atom is 0.171 e. The zero-order valence-electron chi connectivity index (χ0n) is 16.3. The summed E-state index contributed by atoms with van der Waals surface area (Å²) in [6.07, 6.45) is 9.81. The summed E-state index contributed by atoms with van der Waals surface area (Å²) in [6.45, 7) is 4.50. The fourth-order valence-electron chi connectivity index (χ4n) is 4.30. The minimum Gasteiger partial charge on any atom is -0.390 e. The Hall–Kier alpha value is -1.99. The first kappa shape index (κ1) is 19.3. The quantitative estimate of drug-likeness (QED) is 0.604. The van der Waals surface area contributed by atoms with Crippen LogP contribution in [0, 0.1) is 5.92 Å². The van der Waals surface area contributed by atoms with Crippen LogP contribution in [0.3, 0.4) is 0 Å². The van der Waals surface area contributed by atoms with Crippen LogP contribution in [0.4, 0.5) is 5.82 Å². The minimum atomic E-state index is -0.723. The summed E-state index contributed by atoms with van der Waals surface area (Å²) in [6, 6.07) is 6.08. The van der Waals surface area contributed by atoms with Crippen LogP contribution in [-0.2, 0) is 6.54 Å². The Balaban J connectivity index is 1.71. The van der Waals surface area contributed by atoms with Gasteiger partial charge in [0, 0.05) is 30.9 Å². The first-order valence-electron chi connectivity index (χ1n) is 9.83. The van der Waals surface area contributed by atoms with Crippen molar-refractivity contribution in [2.24, 2.45) is 5.92 Å². The van der Waals surface area contributed by atoms with Gasteiger partial charge in [-0.2, -0.15) is 9.61 Å². The van der Waals surface area contributed by atoms with Crippen LogP contribution in [0.2, 0.25) is 0 Å². The molecule has 1 unspecified atom stereocenters. The molecule has 3 aromatic heterocycles. The zero-order chi connectivity index (χ0) is 19.7. The second-order valence-electron chi connectivity index (χ2n) is 8.16. The minimum absolute atomic E-state index is 0.198. The number of nitrogens with one attached hydrogen (secondary N) is 1. The lowest BCUT2D eigenvalue weighted by molar-refractivity contribution is -0.0105. The van der Waals surface area contributed by atoms with Crippen molar-refractivity contribution < 1.29 is 5.11 Å². The van der Waals surface area contributed by atoms with Crippen molar-refractivity contribution in [1.29, 1.82) is 0 Å². The molecule has 3 heterocycles. The Kier molecular flexibility index (Phi) is 5.38. The van der Waals surface area contributed by atoms with Crippen molar-refractivity contribution in [2.45, 2.75) is 57.6 Å². The van der Waals surface area contributed by atoms with Crippen LogP contribution in [0.1, 0.15) is 56.7 Å². The average Bonchev–Trinajstić information content (AvgIpc) is 3.07. The Labute approximate surface area is 173 Å². The predicted molar refractivity (Wildman–Crippen MR) is 113 cm³/mol. The number of hydrogen-bond acceptors (Lipinski definition) is 5. The summed E-state index contributed by atoms with van der Waals surface area (Å²) in [7, 11) is 0. The fourth-order valence-corrected chi connectivity index (χ4v) is 4.64. The number of pyridine rings is 1. The third kappa shape index (κ3) is 3.91. The molecule has 0 saturated heterocycles. The van der Waals surface area contributed by atoms with E-state index in [4.69, 9.17) is 4.98 Å². The SMILES string of the molecule is CC(C)(O)C1CCCC[C@H]1c1cc(NCc2cccnc2)n2ncc(Br)c2n1. The first-order chi connectivity index (χ1) is 13.4. The number of halogens is 1.